The van der Waals surface area contributed by atoms with Crippen LogP contribution in [0.3, 0.4) is 0 Å². The standard InChI is InChI=1S/C21H18BrNO3S2/c22-15-12-10-14(11-13-15)20(24)23-21-19(17-8-4-5-9-18(17)27-21)28(25,26)16-6-2-1-3-7-16/h1-3,6-7,10-13H,4-5,8-9H2,(H,23,24). The number of benzene rings is 2. The van der Waals surface area contributed by atoms with Crippen molar-refractivity contribution in [2.45, 2.75) is 35.5 Å². The SMILES string of the molecule is O=C(Nc1sc2c(c1S(=O)(=O)c1ccccc1)CCCC2)c1ccc(Br)cc1. The zero-order valence-electron chi connectivity index (χ0n) is 14.9. The lowest BCUT2D eigenvalue weighted by molar-refractivity contribution is 0.102. The fraction of sp³-hybridized carbons (Fsp3) is 0.190. The second-order valence-corrected chi connectivity index (χ2v) is 10.6. The number of anilines is 1. The first-order valence-electron chi connectivity index (χ1n) is 8.98. The Balaban J connectivity index is 1.79. The van der Waals surface area contributed by atoms with Crippen LogP contribution in [0.5, 0.6) is 0 Å². The molecule has 0 bridgehead atoms. The van der Waals surface area contributed by atoms with Crippen LogP contribution in [-0.2, 0) is 22.7 Å². The van der Waals surface area contributed by atoms with E-state index >= 15 is 0 Å². The van der Waals surface area contributed by atoms with Crippen molar-refractivity contribution < 1.29 is 13.2 Å². The van der Waals surface area contributed by atoms with Gasteiger partial charge in [-0.3, -0.25) is 4.79 Å². The van der Waals surface area contributed by atoms with E-state index in [1.807, 2.05) is 0 Å². The number of nitrogens with one attached hydrogen (secondary N) is 1. The first-order chi connectivity index (χ1) is 13.5. The smallest absolute Gasteiger partial charge is 0.256 e. The van der Waals surface area contributed by atoms with Gasteiger partial charge in [-0.2, -0.15) is 0 Å². The molecule has 0 aliphatic heterocycles. The lowest BCUT2D eigenvalue weighted by Gasteiger charge is -2.13. The molecule has 1 aliphatic rings. The molecule has 144 valence electrons. The van der Waals surface area contributed by atoms with Crippen LogP contribution in [-0.4, -0.2) is 14.3 Å². The topological polar surface area (TPSA) is 63.2 Å². The zero-order chi connectivity index (χ0) is 19.7. The van der Waals surface area contributed by atoms with Gasteiger partial charge >= 0.3 is 0 Å². The summed E-state index contributed by atoms with van der Waals surface area (Å²) in [4.78, 5) is 14.3. The van der Waals surface area contributed by atoms with Crippen molar-refractivity contribution in [3.05, 3.63) is 75.1 Å². The lowest BCUT2D eigenvalue weighted by Crippen LogP contribution is -2.14. The Kier molecular flexibility index (Phi) is 5.40. The minimum absolute atomic E-state index is 0.250. The minimum Gasteiger partial charge on any atom is -0.312 e. The Morgan fingerprint density at radius 2 is 1.64 bits per heavy atom. The molecule has 0 saturated carbocycles. The molecule has 7 heteroatoms. The van der Waals surface area contributed by atoms with Gasteiger partial charge < -0.3 is 5.32 Å². The fourth-order valence-electron chi connectivity index (χ4n) is 3.40. The normalized spacial score (nSPS) is 13.8. The summed E-state index contributed by atoms with van der Waals surface area (Å²) in [5, 5.41) is 3.28. The molecule has 28 heavy (non-hydrogen) atoms. The summed E-state index contributed by atoms with van der Waals surface area (Å²) in [5.41, 5.74) is 1.35. The van der Waals surface area contributed by atoms with Crippen molar-refractivity contribution >= 4 is 48.0 Å². The third kappa shape index (κ3) is 3.66. The molecule has 1 N–H and O–H groups in total. The maximum atomic E-state index is 13.4. The van der Waals surface area contributed by atoms with Gasteiger partial charge in [0.2, 0.25) is 9.84 Å². The molecule has 0 unspecified atom stereocenters. The van der Waals surface area contributed by atoms with E-state index in [1.165, 1.54) is 11.3 Å². The molecule has 0 radical (unpaired) electrons. The number of hydrogen-bond acceptors (Lipinski definition) is 4. The molecule has 4 nitrogen and oxygen atoms in total. The predicted molar refractivity (Wildman–Crippen MR) is 115 cm³/mol. The number of amides is 1. The summed E-state index contributed by atoms with van der Waals surface area (Å²) >= 11 is 4.74. The molecular weight excluding hydrogens is 458 g/mol. The summed E-state index contributed by atoms with van der Waals surface area (Å²) in [6, 6.07) is 15.4. The van der Waals surface area contributed by atoms with E-state index in [-0.39, 0.29) is 15.7 Å². The summed E-state index contributed by atoms with van der Waals surface area (Å²) < 4.78 is 27.7. The number of carbonyl (C=O) groups excluding carboxylic acids is 1. The lowest BCUT2D eigenvalue weighted by atomic mass is 9.99. The number of sulfone groups is 1. The van der Waals surface area contributed by atoms with E-state index < -0.39 is 9.84 Å². The van der Waals surface area contributed by atoms with Crippen LogP contribution >= 0.6 is 27.3 Å². The molecule has 0 spiro atoms. The van der Waals surface area contributed by atoms with E-state index in [9.17, 15) is 13.2 Å². The zero-order valence-corrected chi connectivity index (χ0v) is 18.2. The molecule has 0 fully saturated rings. The third-order valence-electron chi connectivity index (χ3n) is 4.78. The van der Waals surface area contributed by atoms with E-state index in [2.05, 4.69) is 21.2 Å². The van der Waals surface area contributed by atoms with Gasteiger partial charge in [0.25, 0.3) is 5.91 Å². The number of hydrogen-bond donors (Lipinski definition) is 1. The number of carbonyl (C=O) groups is 1. The van der Waals surface area contributed by atoms with Crippen LogP contribution in [0.1, 0.15) is 33.6 Å². The van der Waals surface area contributed by atoms with E-state index in [4.69, 9.17) is 0 Å². The quantitative estimate of drug-likeness (QED) is 0.543. The summed E-state index contributed by atoms with van der Waals surface area (Å²) in [5.74, 6) is -0.310. The molecule has 1 aromatic heterocycles. The Hall–Kier alpha value is -1.96. The van der Waals surface area contributed by atoms with E-state index in [1.54, 1.807) is 54.6 Å². The average Bonchev–Trinajstić information content (AvgIpc) is 3.07. The van der Waals surface area contributed by atoms with Gasteiger partial charge in [0.05, 0.1) is 4.90 Å². The number of thiophene rings is 1. The highest BCUT2D eigenvalue weighted by molar-refractivity contribution is 9.10. The Morgan fingerprint density at radius 3 is 2.36 bits per heavy atom. The van der Waals surface area contributed by atoms with E-state index in [0.717, 1.165) is 40.6 Å². The molecule has 1 aliphatic carbocycles. The minimum atomic E-state index is -3.71. The van der Waals surface area contributed by atoms with Gasteiger partial charge in [0.15, 0.2) is 0 Å². The molecule has 3 aromatic rings. The number of rotatable bonds is 4. The maximum absolute atomic E-state index is 13.4. The highest BCUT2D eigenvalue weighted by atomic mass is 79.9. The van der Waals surface area contributed by atoms with Crippen LogP contribution < -0.4 is 5.32 Å². The first kappa shape index (κ1) is 19.4. The maximum Gasteiger partial charge on any atom is 0.256 e. The van der Waals surface area contributed by atoms with E-state index in [0.29, 0.717) is 10.6 Å². The Bertz CT molecular complexity index is 1120. The average molecular weight is 476 g/mol. The molecule has 1 heterocycles. The summed E-state index contributed by atoms with van der Waals surface area (Å²) in [6.07, 6.45) is 3.58. The van der Waals surface area contributed by atoms with Crippen molar-refractivity contribution in [1.29, 1.82) is 0 Å². The second kappa shape index (κ2) is 7.81. The molecule has 1 amide bonds. The number of aryl methyl sites for hydroxylation is 1. The van der Waals surface area contributed by atoms with Crippen LogP contribution in [0, 0.1) is 0 Å². The van der Waals surface area contributed by atoms with Gasteiger partial charge in [0.1, 0.15) is 9.90 Å². The van der Waals surface area contributed by atoms with Gasteiger partial charge in [0, 0.05) is 14.9 Å². The molecule has 0 saturated heterocycles. The van der Waals surface area contributed by atoms with Crippen molar-refractivity contribution in [2.24, 2.45) is 0 Å². The fourth-order valence-corrected chi connectivity index (χ4v) is 6.96. The molecule has 0 atom stereocenters. The van der Waals surface area contributed by atoms with Crippen molar-refractivity contribution in [2.75, 3.05) is 5.32 Å². The third-order valence-corrected chi connectivity index (χ3v) is 8.52. The molecule has 4 rings (SSSR count). The van der Waals surface area contributed by atoms with Crippen molar-refractivity contribution in [1.82, 2.24) is 0 Å². The van der Waals surface area contributed by atoms with Gasteiger partial charge in [-0.15, -0.1) is 11.3 Å². The van der Waals surface area contributed by atoms with Crippen LogP contribution in [0.2, 0.25) is 0 Å². The largest absolute Gasteiger partial charge is 0.312 e. The van der Waals surface area contributed by atoms with Crippen molar-refractivity contribution in [3.63, 3.8) is 0 Å². The van der Waals surface area contributed by atoms with Crippen molar-refractivity contribution in [3.8, 4) is 0 Å². The molecular formula is C21H18BrNO3S2. The first-order valence-corrected chi connectivity index (χ1v) is 12.1. The highest BCUT2D eigenvalue weighted by Crippen LogP contribution is 2.43. The summed E-state index contributed by atoms with van der Waals surface area (Å²) in [6.45, 7) is 0. The molecule has 2 aromatic carbocycles. The predicted octanol–water partition coefficient (Wildman–Crippen LogP) is 5.47. The van der Waals surface area contributed by atoms with Crippen LogP contribution in [0.15, 0.2) is 68.9 Å². The highest BCUT2D eigenvalue weighted by Gasteiger charge is 2.31. The second-order valence-electron chi connectivity index (χ2n) is 6.65. The van der Waals surface area contributed by atoms with Gasteiger partial charge in [-0.05, 0) is 67.6 Å². The van der Waals surface area contributed by atoms with Gasteiger partial charge in [-0.1, -0.05) is 34.1 Å². The van der Waals surface area contributed by atoms with Gasteiger partial charge in [-0.25, -0.2) is 8.42 Å². The van der Waals surface area contributed by atoms with Crippen LogP contribution in [0.4, 0.5) is 5.00 Å². The number of fused-ring (bicyclic) bond motifs is 1. The summed E-state index contributed by atoms with van der Waals surface area (Å²) in [7, 11) is -3.71. The Labute approximate surface area is 176 Å². The Morgan fingerprint density at radius 1 is 0.964 bits per heavy atom. The van der Waals surface area contributed by atoms with Crippen LogP contribution in [0.25, 0.3) is 0 Å². The monoisotopic (exact) mass is 475 g/mol. The number of halogens is 1.